The van der Waals surface area contributed by atoms with Gasteiger partial charge in [-0.1, -0.05) is 23.7 Å². The lowest BCUT2D eigenvalue weighted by atomic mass is 9.90. The molecule has 1 aliphatic rings. The number of ether oxygens (including phenoxy) is 3. The monoisotopic (exact) mass is 730 g/mol. The third kappa shape index (κ3) is 7.93. The summed E-state index contributed by atoms with van der Waals surface area (Å²) in [4.78, 5) is 38.4. The molecule has 3 aromatic heterocycles. The summed E-state index contributed by atoms with van der Waals surface area (Å²) in [5.74, 6) is -0.176. The summed E-state index contributed by atoms with van der Waals surface area (Å²) in [5.41, 5.74) is 7.00. The van der Waals surface area contributed by atoms with Crippen LogP contribution in [0.2, 0.25) is 5.02 Å². The molecule has 11 heteroatoms. The minimum Gasteiger partial charge on any atom is -0.464 e. The van der Waals surface area contributed by atoms with Gasteiger partial charge in [0.2, 0.25) is 0 Å². The van der Waals surface area contributed by atoms with Crippen molar-refractivity contribution in [3.8, 4) is 21.8 Å². The van der Waals surface area contributed by atoms with Gasteiger partial charge in [-0.15, -0.1) is 11.3 Å². The van der Waals surface area contributed by atoms with E-state index in [1.54, 1.807) is 23.2 Å². The Hall–Kier alpha value is -3.99. The van der Waals surface area contributed by atoms with Crippen molar-refractivity contribution in [3.63, 3.8) is 0 Å². The molecule has 0 N–H and O–H groups in total. The number of amides is 1. The van der Waals surface area contributed by atoms with Crippen LogP contribution in [-0.2, 0) is 26.1 Å². The Morgan fingerprint density at radius 1 is 1.00 bits per heavy atom. The molecular weight excluding hydrogens is 684 g/mol. The van der Waals surface area contributed by atoms with Gasteiger partial charge >= 0.3 is 12.1 Å². The average Bonchev–Trinajstić information content (AvgIpc) is 3.63. The highest BCUT2D eigenvalue weighted by molar-refractivity contribution is 7.22. The van der Waals surface area contributed by atoms with Crippen molar-refractivity contribution in [2.75, 3.05) is 19.7 Å². The van der Waals surface area contributed by atoms with E-state index in [0.717, 1.165) is 67.0 Å². The van der Waals surface area contributed by atoms with E-state index < -0.39 is 23.3 Å². The standard InChI is InChI=1S/C40H47ClN4O5S/c1-10-48-37(46)34(49-39(3,4)5)31-23(2)21-29-35(32(31)25-11-13-26(41)14-12-25)51-36(43-29)28-15-16-30-33(42-28)27(22-44(30)9)24-17-19-45(20-18-24)38(47)50-40(6,7)8/h11-16,21-22,24,34H,10,17-20H2,1-9H3/t34-/m0/s1. The number of hydrogen-bond donors (Lipinski definition) is 0. The van der Waals surface area contributed by atoms with E-state index in [2.05, 4.69) is 16.8 Å². The van der Waals surface area contributed by atoms with Gasteiger partial charge in [-0.25, -0.2) is 19.6 Å². The van der Waals surface area contributed by atoms with E-state index in [4.69, 9.17) is 35.8 Å². The van der Waals surface area contributed by atoms with Crippen LogP contribution in [0.25, 0.3) is 43.1 Å². The van der Waals surface area contributed by atoms with Gasteiger partial charge < -0.3 is 23.7 Å². The lowest BCUT2D eigenvalue weighted by Crippen LogP contribution is -2.41. The molecule has 270 valence electrons. The van der Waals surface area contributed by atoms with Crippen molar-refractivity contribution in [2.45, 2.75) is 91.5 Å². The Kier molecular flexibility index (Phi) is 10.2. The molecule has 1 saturated heterocycles. The van der Waals surface area contributed by atoms with Crippen LogP contribution in [0.4, 0.5) is 4.79 Å². The highest BCUT2D eigenvalue weighted by Crippen LogP contribution is 2.45. The SMILES string of the molecule is CCOC(=O)[C@@H](OC(C)(C)C)c1c(C)cc2nc(-c3ccc4c(n3)c(C3CCN(C(=O)OC(C)(C)C)CC3)cn4C)sc2c1-c1ccc(Cl)cc1. The van der Waals surface area contributed by atoms with Crippen LogP contribution in [0.5, 0.6) is 0 Å². The molecule has 0 radical (unpaired) electrons. The van der Waals surface area contributed by atoms with Crippen LogP contribution < -0.4 is 0 Å². The summed E-state index contributed by atoms with van der Waals surface area (Å²) < 4.78 is 20.7. The second-order valence-electron chi connectivity index (χ2n) is 15.2. The summed E-state index contributed by atoms with van der Waals surface area (Å²) in [6.45, 7) is 16.8. The molecule has 1 fully saturated rings. The molecule has 0 saturated carbocycles. The minimum absolute atomic E-state index is 0.240. The number of carbonyl (C=O) groups is 2. The first-order valence-electron chi connectivity index (χ1n) is 17.5. The lowest BCUT2D eigenvalue weighted by molar-refractivity contribution is -0.166. The topological polar surface area (TPSA) is 95.8 Å². The summed E-state index contributed by atoms with van der Waals surface area (Å²) in [5, 5.41) is 1.39. The van der Waals surface area contributed by atoms with Crippen molar-refractivity contribution < 1.29 is 23.8 Å². The van der Waals surface area contributed by atoms with Crippen LogP contribution in [-0.4, -0.2) is 62.4 Å². The normalized spacial score (nSPS) is 15.1. The fraction of sp³-hybridized carbons (Fsp3) is 0.450. The molecule has 1 amide bonds. The minimum atomic E-state index is -0.950. The van der Waals surface area contributed by atoms with Gasteiger partial charge in [0.15, 0.2) is 6.10 Å². The molecule has 4 heterocycles. The number of fused-ring (bicyclic) bond motifs is 2. The maximum atomic E-state index is 13.6. The molecular formula is C40H47ClN4O5S. The third-order valence-electron chi connectivity index (χ3n) is 8.96. The Labute approximate surface area is 308 Å². The number of piperidine rings is 1. The number of halogens is 1. The van der Waals surface area contributed by atoms with Gasteiger partial charge in [0, 0.05) is 42.5 Å². The number of esters is 1. The number of benzene rings is 2. The predicted molar refractivity (Wildman–Crippen MR) is 205 cm³/mol. The highest BCUT2D eigenvalue weighted by Gasteiger charge is 2.34. The summed E-state index contributed by atoms with van der Waals surface area (Å²) >= 11 is 7.88. The number of carbonyl (C=O) groups excluding carboxylic acids is 2. The Morgan fingerprint density at radius 2 is 1.69 bits per heavy atom. The summed E-state index contributed by atoms with van der Waals surface area (Å²) in [7, 11) is 2.04. The van der Waals surface area contributed by atoms with Gasteiger partial charge in [0.25, 0.3) is 0 Å². The zero-order valence-electron chi connectivity index (χ0n) is 30.9. The molecule has 5 aromatic rings. The Bertz CT molecular complexity index is 2080. The molecule has 6 rings (SSSR count). The van der Waals surface area contributed by atoms with Crippen LogP contribution in [0, 0.1) is 6.92 Å². The third-order valence-corrected chi connectivity index (χ3v) is 10.3. The van der Waals surface area contributed by atoms with Gasteiger partial charge in [-0.2, -0.15) is 0 Å². The van der Waals surface area contributed by atoms with Crippen molar-refractivity contribution >= 4 is 56.3 Å². The lowest BCUT2D eigenvalue weighted by Gasteiger charge is -2.33. The first kappa shape index (κ1) is 36.8. The first-order valence-corrected chi connectivity index (χ1v) is 18.7. The van der Waals surface area contributed by atoms with Crippen LogP contribution in [0.3, 0.4) is 0 Å². The van der Waals surface area contributed by atoms with Crippen LogP contribution in [0.15, 0.2) is 48.7 Å². The number of nitrogens with zero attached hydrogens (tertiary/aromatic N) is 4. The average molecular weight is 731 g/mol. The number of thiazole rings is 1. The Morgan fingerprint density at radius 3 is 2.31 bits per heavy atom. The van der Waals surface area contributed by atoms with E-state index in [1.165, 1.54) is 5.56 Å². The van der Waals surface area contributed by atoms with E-state index in [-0.39, 0.29) is 18.6 Å². The van der Waals surface area contributed by atoms with E-state index in [0.29, 0.717) is 18.1 Å². The quantitative estimate of drug-likeness (QED) is 0.154. The maximum Gasteiger partial charge on any atom is 0.410 e. The smallest absolute Gasteiger partial charge is 0.410 e. The molecule has 0 bridgehead atoms. The number of likely N-dealkylation sites (tertiary alicyclic amines) is 1. The number of aromatic nitrogens is 3. The molecule has 9 nitrogen and oxygen atoms in total. The van der Waals surface area contributed by atoms with Gasteiger partial charge in [0.1, 0.15) is 10.6 Å². The second-order valence-corrected chi connectivity index (χ2v) is 16.7. The molecule has 0 aliphatic carbocycles. The molecule has 1 atom stereocenters. The first-order chi connectivity index (χ1) is 24.0. The van der Waals surface area contributed by atoms with Crippen molar-refractivity contribution in [1.29, 1.82) is 0 Å². The van der Waals surface area contributed by atoms with Crippen molar-refractivity contribution in [1.82, 2.24) is 19.4 Å². The molecule has 0 spiro atoms. The fourth-order valence-corrected chi connectivity index (χ4v) is 7.98. The van der Waals surface area contributed by atoms with Crippen molar-refractivity contribution in [2.24, 2.45) is 7.05 Å². The van der Waals surface area contributed by atoms with Crippen LogP contribution in [0.1, 0.15) is 90.0 Å². The maximum absolute atomic E-state index is 13.6. The number of pyridine rings is 1. The van der Waals surface area contributed by atoms with E-state index >= 15 is 0 Å². The van der Waals surface area contributed by atoms with Crippen molar-refractivity contribution in [3.05, 3.63) is 70.4 Å². The fourth-order valence-electron chi connectivity index (χ4n) is 6.76. The molecule has 1 aliphatic heterocycles. The van der Waals surface area contributed by atoms with Gasteiger partial charge in [0.05, 0.1) is 39.2 Å². The molecule has 0 unspecified atom stereocenters. The molecule has 2 aromatic carbocycles. The zero-order valence-corrected chi connectivity index (χ0v) is 32.5. The van der Waals surface area contributed by atoms with Gasteiger partial charge in [-0.05, 0) is 121 Å². The highest BCUT2D eigenvalue weighted by atomic mass is 35.5. The van der Waals surface area contributed by atoms with E-state index in [9.17, 15) is 9.59 Å². The van der Waals surface area contributed by atoms with Crippen LogP contribution >= 0.6 is 22.9 Å². The van der Waals surface area contributed by atoms with Gasteiger partial charge in [-0.3, -0.25) is 0 Å². The number of hydrogen-bond acceptors (Lipinski definition) is 8. The molecule has 51 heavy (non-hydrogen) atoms. The second kappa shape index (κ2) is 14.2. The zero-order chi connectivity index (χ0) is 36.8. The number of aryl methyl sites for hydroxylation is 2. The largest absolute Gasteiger partial charge is 0.464 e. The predicted octanol–water partition coefficient (Wildman–Crippen LogP) is 10.0. The number of rotatable bonds is 7. The Balaban J connectivity index is 1.43. The summed E-state index contributed by atoms with van der Waals surface area (Å²) in [6, 6.07) is 13.8. The summed E-state index contributed by atoms with van der Waals surface area (Å²) in [6.07, 6.45) is 2.62. The van der Waals surface area contributed by atoms with E-state index in [1.807, 2.05) is 91.9 Å².